The van der Waals surface area contributed by atoms with E-state index in [2.05, 4.69) is 15.6 Å². The Morgan fingerprint density at radius 2 is 2.06 bits per heavy atom. The number of aromatic nitrogens is 1. The number of cyclic esters (lactones) is 1. The molecule has 0 unspecified atom stereocenters. The Morgan fingerprint density at radius 1 is 1.22 bits per heavy atom. The van der Waals surface area contributed by atoms with Crippen molar-refractivity contribution in [2.45, 2.75) is 18.5 Å². The number of carbonyl (C=O) groups is 4. The van der Waals surface area contributed by atoms with Gasteiger partial charge in [0, 0.05) is 31.3 Å². The van der Waals surface area contributed by atoms with Gasteiger partial charge in [-0.05, 0) is 35.9 Å². The Kier molecular flexibility index (Phi) is 4.43. The zero-order valence-electron chi connectivity index (χ0n) is 17.0. The predicted molar refractivity (Wildman–Crippen MR) is 109 cm³/mol. The van der Waals surface area contributed by atoms with E-state index in [1.54, 1.807) is 29.2 Å². The quantitative estimate of drug-likeness (QED) is 0.535. The molecule has 0 saturated carbocycles. The van der Waals surface area contributed by atoms with Gasteiger partial charge in [-0.3, -0.25) is 14.9 Å². The molecule has 1 aromatic carbocycles. The first-order chi connectivity index (χ1) is 15.4. The Hall–Kier alpha value is -4.21. The van der Waals surface area contributed by atoms with Crippen LogP contribution in [0.2, 0.25) is 0 Å². The van der Waals surface area contributed by atoms with Crippen LogP contribution in [0.5, 0.6) is 5.75 Å². The Morgan fingerprint density at radius 3 is 2.81 bits per heavy atom. The van der Waals surface area contributed by atoms with E-state index in [4.69, 9.17) is 9.47 Å². The van der Waals surface area contributed by atoms with Crippen molar-refractivity contribution in [3.05, 3.63) is 65.0 Å². The third-order valence-electron chi connectivity index (χ3n) is 5.79. The molecule has 1 fully saturated rings. The van der Waals surface area contributed by atoms with Crippen LogP contribution >= 0.6 is 0 Å². The van der Waals surface area contributed by atoms with Gasteiger partial charge in [0.15, 0.2) is 5.69 Å². The average Bonchev–Trinajstić information content (AvgIpc) is 3.38. The number of ether oxygens (including phenoxy) is 2. The van der Waals surface area contributed by atoms with Crippen LogP contribution in [-0.4, -0.2) is 52.9 Å². The fourth-order valence-electron chi connectivity index (χ4n) is 4.12. The number of benzene rings is 1. The molecule has 5 rings (SSSR count). The molecule has 0 aliphatic carbocycles. The van der Waals surface area contributed by atoms with Gasteiger partial charge in [-0.1, -0.05) is 6.07 Å². The number of methoxy groups -OCH3 is 1. The van der Waals surface area contributed by atoms with Gasteiger partial charge in [-0.2, -0.15) is 0 Å². The molecule has 1 atom stereocenters. The van der Waals surface area contributed by atoms with E-state index in [1.807, 2.05) is 6.07 Å². The molecule has 10 heteroatoms. The lowest BCUT2D eigenvalue weighted by Gasteiger charge is -2.26. The van der Waals surface area contributed by atoms with Crippen LogP contribution in [0.4, 0.5) is 4.79 Å². The topological polar surface area (TPSA) is 127 Å². The second-order valence-electron chi connectivity index (χ2n) is 7.68. The Bertz CT molecular complexity index is 1220. The maximum Gasteiger partial charge on any atom is 0.363 e. The number of hydrogen-bond donors (Lipinski definition) is 2. The standard InChI is InChI=1S/C22H18N4O6/c1-31-13-5-4-12-11-26(18(27)15(12)9-13)8-6-22(20(29)24-21(30)25-22)10-16-14-3-2-7-23-17(14)19(28)32-16/h2-5,7,9-10H,6,8,11H2,1H3,(H2,24,25,29,30)/b16-10-/t22-/m0/s1. The first kappa shape index (κ1) is 19.7. The molecular weight excluding hydrogens is 416 g/mol. The Labute approximate surface area is 182 Å². The minimum atomic E-state index is -1.49. The van der Waals surface area contributed by atoms with E-state index in [9.17, 15) is 19.2 Å². The molecule has 3 aliphatic heterocycles. The molecule has 1 aromatic heterocycles. The van der Waals surface area contributed by atoms with E-state index in [-0.39, 0.29) is 30.3 Å². The number of hydrogen-bond acceptors (Lipinski definition) is 7. The summed E-state index contributed by atoms with van der Waals surface area (Å²) in [7, 11) is 1.53. The van der Waals surface area contributed by atoms with Crippen LogP contribution in [0.1, 0.15) is 38.4 Å². The Balaban J connectivity index is 1.42. The number of nitrogens with zero attached hydrogens (tertiary/aromatic N) is 2. The minimum absolute atomic E-state index is 0.0814. The summed E-state index contributed by atoms with van der Waals surface area (Å²) in [4.78, 5) is 55.3. The number of urea groups is 1. The molecule has 3 aliphatic rings. The third-order valence-corrected chi connectivity index (χ3v) is 5.79. The van der Waals surface area contributed by atoms with Crippen LogP contribution in [0.25, 0.3) is 5.76 Å². The van der Waals surface area contributed by atoms with Gasteiger partial charge in [0.2, 0.25) is 0 Å². The second kappa shape index (κ2) is 7.19. The van der Waals surface area contributed by atoms with Crippen molar-refractivity contribution in [1.29, 1.82) is 0 Å². The largest absolute Gasteiger partial charge is 0.497 e. The van der Waals surface area contributed by atoms with E-state index in [0.717, 1.165) is 5.56 Å². The second-order valence-corrected chi connectivity index (χ2v) is 7.68. The normalized spacial score (nSPS) is 22.5. The number of amides is 4. The number of pyridine rings is 1. The molecule has 2 N–H and O–H groups in total. The van der Waals surface area contributed by atoms with E-state index in [0.29, 0.717) is 23.4 Å². The van der Waals surface area contributed by atoms with Gasteiger partial charge in [-0.25, -0.2) is 14.6 Å². The summed E-state index contributed by atoms with van der Waals surface area (Å²) < 4.78 is 10.5. The first-order valence-electron chi connectivity index (χ1n) is 9.90. The molecule has 2 aromatic rings. The number of esters is 1. The molecule has 162 valence electrons. The number of imide groups is 1. The van der Waals surface area contributed by atoms with Gasteiger partial charge < -0.3 is 19.7 Å². The molecular formula is C22H18N4O6. The van der Waals surface area contributed by atoms with Gasteiger partial charge >= 0.3 is 12.0 Å². The lowest BCUT2D eigenvalue weighted by molar-refractivity contribution is -0.122. The van der Waals surface area contributed by atoms with Crippen molar-refractivity contribution in [1.82, 2.24) is 20.5 Å². The zero-order valence-corrected chi connectivity index (χ0v) is 17.0. The first-order valence-corrected chi connectivity index (χ1v) is 9.90. The van der Waals surface area contributed by atoms with Gasteiger partial charge in [0.1, 0.15) is 17.0 Å². The third kappa shape index (κ3) is 3.08. The molecule has 0 spiro atoms. The molecule has 0 radical (unpaired) electrons. The molecule has 10 nitrogen and oxygen atoms in total. The van der Waals surface area contributed by atoms with Crippen LogP contribution in [0.15, 0.2) is 42.6 Å². The summed E-state index contributed by atoms with van der Waals surface area (Å²) in [5.74, 6) is -0.692. The number of carbonyl (C=O) groups excluding carboxylic acids is 4. The molecule has 32 heavy (non-hydrogen) atoms. The highest BCUT2D eigenvalue weighted by molar-refractivity contribution is 6.10. The minimum Gasteiger partial charge on any atom is -0.497 e. The van der Waals surface area contributed by atoms with Gasteiger partial charge in [0.25, 0.3) is 11.8 Å². The highest BCUT2D eigenvalue weighted by Crippen LogP contribution is 2.33. The molecule has 1 saturated heterocycles. The van der Waals surface area contributed by atoms with Crippen molar-refractivity contribution in [2.75, 3.05) is 13.7 Å². The highest BCUT2D eigenvalue weighted by Gasteiger charge is 2.47. The van der Waals surface area contributed by atoms with Crippen LogP contribution in [-0.2, 0) is 16.1 Å². The fraction of sp³-hybridized carbons (Fsp3) is 0.227. The van der Waals surface area contributed by atoms with Crippen molar-refractivity contribution in [2.24, 2.45) is 0 Å². The van der Waals surface area contributed by atoms with Crippen LogP contribution in [0, 0.1) is 0 Å². The predicted octanol–water partition coefficient (Wildman–Crippen LogP) is 1.23. The van der Waals surface area contributed by atoms with E-state index < -0.39 is 23.4 Å². The van der Waals surface area contributed by atoms with Crippen molar-refractivity contribution < 1.29 is 28.7 Å². The summed E-state index contributed by atoms with van der Waals surface area (Å²) in [5, 5.41) is 4.85. The highest BCUT2D eigenvalue weighted by atomic mass is 16.5. The summed E-state index contributed by atoms with van der Waals surface area (Å²) >= 11 is 0. The molecule has 4 heterocycles. The SMILES string of the molecule is COc1ccc2c(c1)C(=O)N(CC[C@@]1(/C=C3\OC(=O)c4ncccc43)NC(=O)NC1=O)C2. The van der Waals surface area contributed by atoms with Gasteiger partial charge in [-0.15, -0.1) is 0 Å². The zero-order chi connectivity index (χ0) is 22.5. The van der Waals surface area contributed by atoms with Crippen molar-refractivity contribution in [3.63, 3.8) is 0 Å². The van der Waals surface area contributed by atoms with E-state index >= 15 is 0 Å². The lowest BCUT2D eigenvalue weighted by Crippen LogP contribution is -2.47. The summed E-state index contributed by atoms with van der Waals surface area (Å²) in [6, 6.07) is 7.92. The monoisotopic (exact) mass is 434 g/mol. The fourth-order valence-corrected chi connectivity index (χ4v) is 4.12. The lowest BCUT2D eigenvalue weighted by atomic mass is 9.93. The summed E-state index contributed by atoms with van der Waals surface area (Å²) in [6.07, 6.45) is 2.96. The smallest absolute Gasteiger partial charge is 0.363 e. The van der Waals surface area contributed by atoms with Gasteiger partial charge in [0.05, 0.1) is 12.7 Å². The number of fused-ring (bicyclic) bond motifs is 2. The molecule has 4 amide bonds. The number of nitrogens with one attached hydrogen (secondary N) is 2. The summed E-state index contributed by atoms with van der Waals surface area (Å²) in [6.45, 7) is 0.559. The van der Waals surface area contributed by atoms with Crippen molar-refractivity contribution in [3.8, 4) is 5.75 Å². The number of rotatable bonds is 5. The van der Waals surface area contributed by atoms with Crippen LogP contribution in [0.3, 0.4) is 0 Å². The van der Waals surface area contributed by atoms with E-state index in [1.165, 1.54) is 19.4 Å². The maximum absolute atomic E-state index is 12.9. The molecule has 0 bridgehead atoms. The maximum atomic E-state index is 12.9. The van der Waals surface area contributed by atoms with Crippen molar-refractivity contribution >= 4 is 29.6 Å². The average molecular weight is 434 g/mol. The van der Waals surface area contributed by atoms with Crippen LogP contribution < -0.4 is 15.4 Å². The summed E-state index contributed by atoms with van der Waals surface area (Å²) in [5.41, 5.74) is 0.478.